The molecule has 0 amide bonds. The summed E-state index contributed by atoms with van der Waals surface area (Å²) in [4.78, 5) is 19.6. The topological polar surface area (TPSA) is 121 Å². The maximum absolute atomic E-state index is 9.85. The molecule has 0 aliphatic heterocycles. The number of hydrogen-bond acceptors (Lipinski definition) is 4. The molecular formula is C13H19NO5. The summed E-state index contributed by atoms with van der Waals surface area (Å²) < 4.78 is 0. The van der Waals surface area contributed by atoms with E-state index in [1.807, 2.05) is 18.2 Å². The van der Waals surface area contributed by atoms with Gasteiger partial charge in [-0.3, -0.25) is 9.59 Å². The second-order valence-electron chi connectivity index (χ2n) is 3.86. The fourth-order valence-corrected chi connectivity index (χ4v) is 1.20. The maximum atomic E-state index is 9.85. The maximum Gasteiger partial charge on any atom is 0.321 e. The third-order valence-electron chi connectivity index (χ3n) is 2.18. The van der Waals surface area contributed by atoms with Crippen LogP contribution in [0, 0.1) is 0 Å². The van der Waals surface area contributed by atoms with Crippen molar-refractivity contribution in [3.63, 3.8) is 0 Å². The number of aryl methyl sites for hydroxylation is 1. The number of carbonyl (C=O) groups is 2. The van der Waals surface area contributed by atoms with Gasteiger partial charge in [-0.2, -0.15) is 0 Å². The molecule has 1 aromatic carbocycles. The minimum Gasteiger partial charge on any atom is -0.481 e. The molecule has 1 aromatic rings. The Hall–Kier alpha value is -1.92. The SMILES string of the molecule is NC(CC(=O)O)C(=O)O.OCCCc1ccccc1. The number of nitrogens with two attached hydrogens (primary N) is 1. The number of rotatable bonds is 6. The van der Waals surface area contributed by atoms with Crippen LogP contribution in [0.3, 0.4) is 0 Å². The van der Waals surface area contributed by atoms with E-state index in [0.717, 1.165) is 12.8 Å². The molecule has 0 heterocycles. The Bertz CT molecular complexity index is 380. The molecule has 6 nitrogen and oxygen atoms in total. The molecule has 6 heteroatoms. The van der Waals surface area contributed by atoms with Crippen molar-refractivity contribution >= 4 is 11.9 Å². The Balaban J connectivity index is 0.000000344. The first-order valence-corrected chi connectivity index (χ1v) is 5.82. The number of carboxylic acid groups (broad SMARTS) is 2. The van der Waals surface area contributed by atoms with Crippen molar-refractivity contribution in [1.82, 2.24) is 0 Å². The quantitative estimate of drug-likeness (QED) is 0.596. The number of aliphatic hydroxyl groups excluding tert-OH is 1. The summed E-state index contributed by atoms with van der Waals surface area (Å²) in [6, 6.07) is 8.91. The number of carboxylic acids is 2. The largest absolute Gasteiger partial charge is 0.481 e. The van der Waals surface area contributed by atoms with Gasteiger partial charge in [0, 0.05) is 6.61 Å². The van der Waals surface area contributed by atoms with Crippen molar-refractivity contribution in [2.75, 3.05) is 6.61 Å². The number of aliphatic hydroxyl groups is 1. The molecule has 0 radical (unpaired) electrons. The minimum absolute atomic E-state index is 0.287. The first-order valence-electron chi connectivity index (χ1n) is 5.82. The Morgan fingerprint density at radius 1 is 1.16 bits per heavy atom. The molecule has 0 saturated heterocycles. The van der Waals surface area contributed by atoms with Crippen LogP contribution in [-0.4, -0.2) is 39.9 Å². The van der Waals surface area contributed by atoms with Gasteiger partial charge in [0.25, 0.3) is 0 Å². The predicted molar refractivity (Wildman–Crippen MR) is 69.7 cm³/mol. The zero-order chi connectivity index (χ0) is 14.7. The average Bonchev–Trinajstić information content (AvgIpc) is 2.37. The summed E-state index contributed by atoms with van der Waals surface area (Å²) in [6.07, 6.45) is 1.32. The van der Waals surface area contributed by atoms with Crippen LogP contribution in [0.1, 0.15) is 18.4 Å². The average molecular weight is 269 g/mol. The van der Waals surface area contributed by atoms with Gasteiger partial charge in [0.2, 0.25) is 0 Å². The van der Waals surface area contributed by atoms with E-state index in [-0.39, 0.29) is 6.61 Å². The van der Waals surface area contributed by atoms with Crippen molar-refractivity contribution in [2.24, 2.45) is 5.73 Å². The first kappa shape index (κ1) is 17.1. The van der Waals surface area contributed by atoms with E-state index in [0.29, 0.717) is 0 Å². The van der Waals surface area contributed by atoms with Crippen LogP contribution < -0.4 is 5.73 Å². The molecule has 1 atom stereocenters. The van der Waals surface area contributed by atoms with Crippen LogP contribution in [0.15, 0.2) is 30.3 Å². The van der Waals surface area contributed by atoms with Crippen LogP contribution in [-0.2, 0) is 16.0 Å². The lowest BCUT2D eigenvalue weighted by atomic mass is 10.1. The summed E-state index contributed by atoms with van der Waals surface area (Å²) in [5.74, 6) is -2.50. The van der Waals surface area contributed by atoms with Gasteiger partial charge in [-0.1, -0.05) is 30.3 Å². The lowest BCUT2D eigenvalue weighted by Gasteiger charge is -1.99. The first-order chi connectivity index (χ1) is 8.97. The van der Waals surface area contributed by atoms with E-state index < -0.39 is 24.4 Å². The molecular weight excluding hydrogens is 250 g/mol. The van der Waals surface area contributed by atoms with Gasteiger partial charge in [0.1, 0.15) is 6.04 Å². The molecule has 0 aliphatic carbocycles. The fourth-order valence-electron chi connectivity index (χ4n) is 1.20. The van der Waals surface area contributed by atoms with Crippen LogP contribution in [0.4, 0.5) is 0 Å². The lowest BCUT2D eigenvalue weighted by molar-refractivity contribution is -0.144. The smallest absolute Gasteiger partial charge is 0.321 e. The molecule has 5 N–H and O–H groups in total. The van der Waals surface area contributed by atoms with E-state index in [1.54, 1.807) is 0 Å². The Morgan fingerprint density at radius 2 is 1.74 bits per heavy atom. The van der Waals surface area contributed by atoms with E-state index in [4.69, 9.17) is 21.1 Å². The van der Waals surface area contributed by atoms with Crippen molar-refractivity contribution in [3.05, 3.63) is 35.9 Å². The second-order valence-corrected chi connectivity index (χ2v) is 3.86. The highest BCUT2D eigenvalue weighted by molar-refractivity contribution is 5.80. The predicted octanol–water partition coefficient (Wildman–Crippen LogP) is 0.485. The third-order valence-corrected chi connectivity index (χ3v) is 2.18. The molecule has 0 aliphatic rings. The normalized spacial score (nSPS) is 11.1. The van der Waals surface area contributed by atoms with Gasteiger partial charge < -0.3 is 21.1 Å². The highest BCUT2D eigenvalue weighted by Crippen LogP contribution is 2.00. The highest BCUT2D eigenvalue weighted by atomic mass is 16.4. The van der Waals surface area contributed by atoms with Gasteiger partial charge in [-0.25, -0.2) is 0 Å². The van der Waals surface area contributed by atoms with Crippen molar-refractivity contribution < 1.29 is 24.9 Å². The lowest BCUT2D eigenvalue weighted by Crippen LogP contribution is -2.32. The van der Waals surface area contributed by atoms with Crippen LogP contribution in [0.25, 0.3) is 0 Å². The second kappa shape index (κ2) is 10.0. The van der Waals surface area contributed by atoms with Gasteiger partial charge in [0.15, 0.2) is 0 Å². The van der Waals surface area contributed by atoms with Crippen molar-refractivity contribution in [3.8, 4) is 0 Å². The third kappa shape index (κ3) is 9.75. The van der Waals surface area contributed by atoms with E-state index >= 15 is 0 Å². The zero-order valence-electron chi connectivity index (χ0n) is 10.5. The summed E-state index contributed by atoms with van der Waals surface area (Å²) in [7, 11) is 0. The van der Waals surface area contributed by atoms with Gasteiger partial charge in [0.05, 0.1) is 6.42 Å². The minimum atomic E-state index is -1.29. The van der Waals surface area contributed by atoms with Gasteiger partial charge in [-0.15, -0.1) is 0 Å². The molecule has 1 rings (SSSR count). The number of aliphatic carboxylic acids is 2. The van der Waals surface area contributed by atoms with Crippen molar-refractivity contribution in [1.29, 1.82) is 0 Å². The van der Waals surface area contributed by atoms with Gasteiger partial charge >= 0.3 is 11.9 Å². The summed E-state index contributed by atoms with van der Waals surface area (Å²) in [6.45, 7) is 0.287. The molecule has 106 valence electrons. The Morgan fingerprint density at radius 3 is 2.11 bits per heavy atom. The molecule has 0 bridgehead atoms. The molecule has 0 spiro atoms. The zero-order valence-corrected chi connectivity index (χ0v) is 10.5. The van der Waals surface area contributed by atoms with Crippen LogP contribution in [0.2, 0.25) is 0 Å². The van der Waals surface area contributed by atoms with E-state index in [9.17, 15) is 9.59 Å². The molecule has 0 fully saturated rings. The molecule has 0 saturated carbocycles. The monoisotopic (exact) mass is 269 g/mol. The van der Waals surface area contributed by atoms with E-state index in [2.05, 4.69) is 12.1 Å². The highest BCUT2D eigenvalue weighted by Gasteiger charge is 2.14. The number of hydrogen-bond donors (Lipinski definition) is 4. The number of benzene rings is 1. The Labute approximate surface area is 111 Å². The summed E-state index contributed by atoms with van der Waals surface area (Å²) in [5, 5.41) is 24.6. The standard InChI is InChI=1S/C9H12O.C4H7NO4/c10-8-4-7-9-5-2-1-3-6-9;5-2(4(8)9)1-3(6)7/h1-3,5-6,10H,4,7-8H2;2H,1,5H2,(H,6,7)(H,8,9). The molecule has 0 aromatic heterocycles. The van der Waals surface area contributed by atoms with Crippen molar-refractivity contribution in [2.45, 2.75) is 25.3 Å². The molecule has 19 heavy (non-hydrogen) atoms. The molecule has 1 unspecified atom stereocenters. The fraction of sp³-hybridized carbons (Fsp3) is 0.385. The summed E-state index contributed by atoms with van der Waals surface area (Å²) in [5.41, 5.74) is 6.14. The van der Waals surface area contributed by atoms with Gasteiger partial charge in [-0.05, 0) is 18.4 Å². The summed E-state index contributed by atoms with van der Waals surface area (Å²) >= 11 is 0. The van der Waals surface area contributed by atoms with Crippen LogP contribution in [0.5, 0.6) is 0 Å². The van der Waals surface area contributed by atoms with E-state index in [1.165, 1.54) is 5.56 Å². The van der Waals surface area contributed by atoms with Crippen LogP contribution >= 0.6 is 0 Å². The Kier molecular flexibility index (Phi) is 9.03.